The van der Waals surface area contributed by atoms with Crippen LogP contribution in [0.2, 0.25) is 5.02 Å². The summed E-state index contributed by atoms with van der Waals surface area (Å²) in [5.41, 5.74) is 2.30. The fourth-order valence-electron chi connectivity index (χ4n) is 2.55. The molecule has 0 aliphatic rings. The number of carboxylic acid groups (broad SMARTS) is 1. The molecule has 0 fully saturated rings. The molecule has 6 heteroatoms. The molecule has 0 bridgehead atoms. The van der Waals surface area contributed by atoms with Crippen molar-refractivity contribution in [2.24, 2.45) is 0 Å². The maximum absolute atomic E-state index is 11.9. The van der Waals surface area contributed by atoms with Crippen LogP contribution in [0.1, 0.15) is 15.9 Å². The Morgan fingerprint density at radius 1 is 1.28 bits per heavy atom. The molecule has 0 saturated heterocycles. The number of methoxy groups -OCH3 is 1. The lowest BCUT2D eigenvalue weighted by Gasteiger charge is -2.14. The standard InChI is InChI=1S/C19H15ClO4S/c1-23-18-16(12-7-8-24-10-12)6-5-13(17(18)19(21)22)11-25-15-4-2-3-14(20)9-15/h2-10H,11H2,1H3,(H,21,22). The zero-order chi connectivity index (χ0) is 17.8. The third-order valence-corrected chi connectivity index (χ3v) is 4.96. The number of furan rings is 1. The van der Waals surface area contributed by atoms with Crippen molar-refractivity contribution < 1.29 is 19.1 Å². The minimum absolute atomic E-state index is 0.163. The van der Waals surface area contributed by atoms with E-state index >= 15 is 0 Å². The van der Waals surface area contributed by atoms with Crippen LogP contribution in [0.3, 0.4) is 0 Å². The van der Waals surface area contributed by atoms with Crippen molar-refractivity contribution in [3.8, 4) is 16.9 Å². The average Bonchev–Trinajstić information content (AvgIpc) is 3.13. The van der Waals surface area contributed by atoms with Gasteiger partial charge in [-0.2, -0.15) is 0 Å². The minimum Gasteiger partial charge on any atom is -0.495 e. The van der Waals surface area contributed by atoms with Crippen molar-refractivity contribution in [3.05, 3.63) is 71.1 Å². The highest BCUT2D eigenvalue weighted by Gasteiger charge is 2.21. The normalized spacial score (nSPS) is 10.6. The van der Waals surface area contributed by atoms with E-state index in [2.05, 4.69) is 0 Å². The van der Waals surface area contributed by atoms with Crippen LogP contribution in [-0.2, 0) is 5.75 Å². The van der Waals surface area contributed by atoms with Gasteiger partial charge in [0.1, 0.15) is 11.3 Å². The number of ether oxygens (including phenoxy) is 1. The van der Waals surface area contributed by atoms with Gasteiger partial charge in [-0.05, 0) is 29.8 Å². The molecule has 128 valence electrons. The van der Waals surface area contributed by atoms with Crippen molar-refractivity contribution >= 4 is 29.3 Å². The van der Waals surface area contributed by atoms with Gasteiger partial charge in [0.05, 0.1) is 19.6 Å². The molecule has 1 heterocycles. The predicted molar refractivity (Wildman–Crippen MR) is 98.7 cm³/mol. The minimum atomic E-state index is -1.02. The van der Waals surface area contributed by atoms with Gasteiger partial charge in [0.15, 0.2) is 0 Å². The molecule has 1 aromatic heterocycles. The first-order valence-corrected chi connectivity index (χ1v) is 8.80. The average molecular weight is 375 g/mol. The largest absolute Gasteiger partial charge is 0.495 e. The van der Waals surface area contributed by atoms with E-state index in [1.54, 1.807) is 18.4 Å². The molecule has 0 atom stereocenters. The third kappa shape index (κ3) is 3.83. The van der Waals surface area contributed by atoms with Crippen molar-refractivity contribution in [3.63, 3.8) is 0 Å². The van der Waals surface area contributed by atoms with Gasteiger partial charge in [0.25, 0.3) is 0 Å². The summed E-state index contributed by atoms with van der Waals surface area (Å²) in [6.45, 7) is 0. The smallest absolute Gasteiger partial charge is 0.339 e. The lowest BCUT2D eigenvalue weighted by Crippen LogP contribution is -2.06. The van der Waals surface area contributed by atoms with Crippen LogP contribution in [0.4, 0.5) is 0 Å². The summed E-state index contributed by atoms with van der Waals surface area (Å²) in [5.74, 6) is -0.203. The molecule has 0 spiro atoms. The van der Waals surface area contributed by atoms with E-state index in [0.717, 1.165) is 10.5 Å². The highest BCUT2D eigenvalue weighted by molar-refractivity contribution is 7.98. The second-order valence-corrected chi connectivity index (χ2v) is 6.73. The van der Waals surface area contributed by atoms with Crippen LogP contribution in [0.5, 0.6) is 5.75 Å². The zero-order valence-electron chi connectivity index (χ0n) is 13.4. The van der Waals surface area contributed by atoms with Crippen LogP contribution in [0, 0.1) is 0 Å². The molecule has 0 amide bonds. The summed E-state index contributed by atoms with van der Waals surface area (Å²) < 4.78 is 10.5. The molecule has 3 aromatic rings. The van der Waals surface area contributed by atoms with Crippen LogP contribution < -0.4 is 4.74 Å². The Morgan fingerprint density at radius 3 is 2.76 bits per heavy atom. The van der Waals surface area contributed by atoms with Crippen LogP contribution in [0.25, 0.3) is 11.1 Å². The van der Waals surface area contributed by atoms with E-state index in [0.29, 0.717) is 27.7 Å². The Balaban J connectivity index is 1.97. The molecule has 0 aliphatic heterocycles. The molecule has 0 unspecified atom stereocenters. The predicted octanol–water partition coefficient (Wildman–Crippen LogP) is 5.60. The zero-order valence-corrected chi connectivity index (χ0v) is 14.9. The summed E-state index contributed by atoms with van der Waals surface area (Å²) >= 11 is 7.52. The van der Waals surface area contributed by atoms with E-state index in [1.165, 1.54) is 25.1 Å². The second kappa shape index (κ2) is 7.68. The molecule has 4 nitrogen and oxygen atoms in total. The van der Waals surface area contributed by atoms with E-state index in [9.17, 15) is 9.90 Å². The van der Waals surface area contributed by atoms with E-state index in [1.807, 2.05) is 30.3 Å². The molecule has 25 heavy (non-hydrogen) atoms. The molecule has 0 saturated carbocycles. The number of hydrogen-bond donors (Lipinski definition) is 1. The monoisotopic (exact) mass is 374 g/mol. The van der Waals surface area contributed by atoms with Gasteiger partial charge in [-0.3, -0.25) is 0 Å². The van der Waals surface area contributed by atoms with Crippen molar-refractivity contribution in [2.75, 3.05) is 7.11 Å². The maximum atomic E-state index is 11.9. The van der Waals surface area contributed by atoms with Gasteiger partial charge in [-0.25, -0.2) is 4.79 Å². The van der Waals surface area contributed by atoms with Gasteiger partial charge in [0.2, 0.25) is 0 Å². The van der Waals surface area contributed by atoms with Gasteiger partial charge >= 0.3 is 5.97 Å². The molecule has 0 aliphatic carbocycles. The Morgan fingerprint density at radius 2 is 2.12 bits per heavy atom. The number of carbonyl (C=O) groups is 1. The molecule has 0 radical (unpaired) electrons. The second-order valence-electron chi connectivity index (χ2n) is 5.24. The SMILES string of the molecule is COc1c(-c2ccoc2)ccc(CSc2cccc(Cl)c2)c1C(=O)O. The Hall–Kier alpha value is -2.37. The molecular formula is C19H15ClO4S. The number of carboxylic acids is 1. The van der Waals surface area contributed by atoms with Gasteiger partial charge in [-0.1, -0.05) is 29.8 Å². The highest BCUT2D eigenvalue weighted by Crippen LogP contribution is 2.37. The number of hydrogen-bond acceptors (Lipinski definition) is 4. The van der Waals surface area contributed by atoms with Crippen molar-refractivity contribution in [2.45, 2.75) is 10.6 Å². The third-order valence-electron chi connectivity index (χ3n) is 3.68. The Kier molecular flexibility index (Phi) is 5.36. The van der Waals surface area contributed by atoms with Crippen molar-refractivity contribution in [1.29, 1.82) is 0 Å². The molecule has 3 rings (SSSR count). The number of rotatable bonds is 6. The Labute approximate surface area is 154 Å². The summed E-state index contributed by atoms with van der Waals surface area (Å²) in [5, 5.41) is 10.4. The van der Waals surface area contributed by atoms with E-state index < -0.39 is 5.97 Å². The van der Waals surface area contributed by atoms with Gasteiger partial charge in [0, 0.05) is 26.8 Å². The number of thioether (sulfide) groups is 1. The lowest BCUT2D eigenvalue weighted by molar-refractivity contribution is 0.0692. The number of benzene rings is 2. The molecule has 1 N–H and O–H groups in total. The first-order chi connectivity index (χ1) is 12.1. The highest BCUT2D eigenvalue weighted by atomic mass is 35.5. The number of aromatic carboxylic acids is 1. The summed E-state index contributed by atoms with van der Waals surface area (Å²) in [7, 11) is 1.47. The van der Waals surface area contributed by atoms with Crippen molar-refractivity contribution in [1.82, 2.24) is 0 Å². The number of halogens is 1. The summed E-state index contributed by atoms with van der Waals surface area (Å²) in [4.78, 5) is 12.8. The van der Waals surface area contributed by atoms with Crippen LogP contribution >= 0.6 is 23.4 Å². The van der Waals surface area contributed by atoms with Gasteiger partial charge in [-0.15, -0.1) is 11.8 Å². The fraction of sp³-hybridized carbons (Fsp3) is 0.105. The first-order valence-electron chi connectivity index (χ1n) is 7.44. The summed E-state index contributed by atoms with van der Waals surface area (Å²) in [6.07, 6.45) is 3.10. The van der Waals surface area contributed by atoms with Crippen LogP contribution in [-0.4, -0.2) is 18.2 Å². The molecular weight excluding hydrogens is 360 g/mol. The Bertz CT molecular complexity index is 890. The first kappa shape index (κ1) is 17.5. The quantitative estimate of drug-likeness (QED) is 0.569. The van der Waals surface area contributed by atoms with Gasteiger partial charge < -0.3 is 14.3 Å². The van der Waals surface area contributed by atoms with E-state index in [-0.39, 0.29) is 5.56 Å². The van der Waals surface area contributed by atoms with Crippen LogP contribution in [0.15, 0.2) is 64.3 Å². The fourth-order valence-corrected chi connectivity index (χ4v) is 3.76. The molecule has 2 aromatic carbocycles. The van der Waals surface area contributed by atoms with E-state index in [4.69, 9.17) is 20.8 Å². The maximum Gasteiger partial charge on any atom is 0.339 e. The summed E-state index contributed by atoms with van der Waals surface area (Å²) in [6, 6.07) is 12.9. The lowest BCUT2D eigenvalue weighted by atomic mass is 9.99. The topological polar surface area (TPSA) is 59.7 Å².